The minimum atomic E-state index is -0.267. The first-order valence-electron chi connectivity index (χ1n) is 8.67. The van der Waals surface area contributed by atoms with Crippen molar-refractivity contribution in [1.29, 1.82) is 0 Å². The van der Waals surface area contributed by atoms with Crippen LogP contribution in [0, 0.1) is 5.82 Å². The van der Waals surface area contributed by atoms with E-state index in [-0.39, 0.29) is 17.8 Å². The molecule has 0 unspecified atom stereocenters. The van der Waals surface area contributed by atoms with Crippen LogP contribution in [0.5, 0.6) is 5.75 Å². The fraction of sp³-hybridized carbons (Fsp3) is 0.350. The summed E-state index contributed by atoms with van der Waals surface area (Å²) in [7, 11) is 1.59. The Balaban J connectivity index is 1.70. The summed E-state index contributed by atoms with van der Waals surface area (Å²) in [5.41, 5.74) is 1.55. The van der Waals surface area contributed by atoms with E-state index < -0.39 is 0 Å². The van der Waals surface area contributed by atoms with Crippen molar-refractivity contribution in [3.8, 4) is 5.75 Å². The van der Waals surface area contributed by atoms with E-state index >= 15 is 0 Å². The minimum absolute atomic E-state index is 0.0262. The highest BCUT2D eigenvalue weighted by molar-refractivity contribution is 5.94. The number of benzene rings is 2. The zero-order valence-electron chi connectivity index (χ0n) is 14.8. The summed E-state index contributed by atoms with van der Waals surface area (Å²) >= 11 is 0. The highest BCUT2D eigenvalue weighted by Gasteiger charge is 2.23. The number of carbonyl (C=O) groups excluding carboxylic acids is 1. The standard InChI is InChI=1S/C20H23FN2O3/c1-25-18-8-4-16(5-9-18)20(24)22-14-19(23-10-12-26-13-11-23)15-2-6-17(21)7-3-15/h2-9,19H,10-14H2,1H3,(H,22,24)/t19-/m0/s1. The lowest BCUT2D eigenvalue weighted by Gasteiger charge is -2.35. The molecule has 1 fully saturated rings. The van der Waals surface area contributed by atoms with E-state index in [0.717, 1.165) is 18.7 Å². The molecular weight excluding hydrogens is 335 g/mol. The molecule has 26 heavy (non-hydrogen) atoms. The molecule has 1 N–H and O–H groups in total. The molecule has 138 valence electrons. The quantitative estimate of drug-likeness (QED) is 0.863. The third-order valence-corrected chi connectivity index (χ3v) is 4.55. The maximum atomic E-state index is 13.3. The average molecular weight is 358 g/mol. The lowest BCUT2D eigenvalue weighted by molar-refractivity contribution is 0.0162. The van der Waals surface area contributed by atoms with Crippen LogP contribution in [0.25, 0.3) is 0 Å². The lowest BCUT2D eigenvalue weighted by Crippen LogP contribution is -2.43. The predicted molar refractivity (Wildman–Crippen MR) is 96.9 cm³/mol. The van der Waals surface area contributed by atoms with Gasteiger partial charge in [0, 0.05) is 25.2 Å². The third kappa shape index (κ3) is 4.59. The van der Waals surface area contributed by atoms with E-state index in [2.05, 4.69) is 10.2 Å². The number of nitrogens with zero attached hydrogens (tertiary/aromatic N) is 1. The molecule has 2 aromatic rings. The van der Waals surface area contributed by atoms with Crippen molar-refractivity contribution >= 4 is 5.91 Å². The first-order valence-corrected chi connectivity index (χ1v) is 8.67. The van der Waals surface area contributed by atoms with Gasteiger partial charge >= 0.3 is 0 Å². The number of nitrogens with one attached hydrogen (secondary N) is 1. The molecule has 1 aliphatic heterocycles. The smallest absolute Gasteiger partial charge is 0.251 e. The number of hydrogen-bond acceptors (Lipinski definition) is 4. The molecule has 3 rings (SSSR count). The first-order chi connectivity index (χ1) is 12.7. The van der Waals surface area contributed by atoms with Gasteiger partial charge in [-0.05, 0) is 42.0 Å². The normalized spacial score (nSPS) is 16.1. The Morgan fingerprint density at radius 2 is 1.81 bits per heavy atom. The first kappa shape index (κ1) is 18.4. The topological polar surface area (TPSA) is 50.8 Å². The summed E-state index contributed by atoms with van der Waals surface area (Å²) in [5.74, 6) is 0.295. The van der Waals surface area contributed by atoms with E-state index in [1.54, 1.807) is 43.5 Å². The van der Waals surface area contributed by atoms with Crippen LogP contribution in [-0.2, 0) is 4.74 Å². The maximum Gasteiger partial charge on any atom is 0.251 e. The van der Waals surface area contributed by atoms with Gasteiger partial charge in [0.05, 0.1) is 26.4 Å². The minimum Gasteiger partial charge on any atom is -0.497 e. The number of amides is 1. The zero-order chi connectivity index (χ0) is 18.4. The number of hydrogen-bond donors (Lipinski definition) is 1. The van der Waals surface area contributed by atoms with Crippen LogP contribution in [0.1, 0.15) is 22.0 Å². The van der Waals surface area contributed by atoms with Crippen molar-refractivity contribution in [3.63, 3.8) is 0 Å². The molecule has 5 nitrogen and oxygen atoms in total. The van der Waals surface area contributed by atoms with Gasteiger partial charge in [0.25, 0.3) is 5.91 Å². The summed E-state index contributed by atoms with van der Waals surface area (Å²) in [6, 6.07) is 13.4. The molecule has 6 heteroatoms. The van der Waals surface area contributed by atoms with Gasteiger partial charge < -0.3 is 14.8 Å². The molecule has 0 radical (unpaired) electrons. The van der Waals surface area contributed by atoms with Gasteiger partial charge in [-0.3, -0.25) is 9.69 Å². The van der Waals surface area contributed by atoms with Crippen LogP contribution in [-0.4, -0.2) is 50.8 Å². The van der Waals surface area contributed by atoms with Crippen LogP contribution in [0.15, 0.2) is 48.5 Å². The van der Waals surface area contributed by atoms with Crippen molar-refractivity contribution in [2.45, 2.75) is 6.04 Å². The fourth-order valence-corrected chi connectivity index (χ4v) is 3.07. The van der Waals surface area contributed by atoms with Crippen LogP contribution in [0.2, 0.25) is 0 Å². The van der Waals surface area contributed by atoms with Gasteiger partial charge in [-0.15, -0.1) is 0 Å². The number of rotatable bonds is 6. The van der Waals surface area contributed by atoms with Gasteiger partial charge in [-0.25, -0.2) is 4.39 Å². The largest absolute Gasteiger partial charge is 0.497 e. The fourth-order valence-electron chi connectivity index (χ4n) is 3.07. The zero-order valence-corrected chi connectivity index (χ0v) is 14.8. The van der Waals surface area contributed by atoms with Crippen molar-refractivity contribution < 1.29 is 18.7 Å². The van der Waals surface area contributed by atoms with Crippen molar-refractivity contribution in [3.05, 3.63) is 65.5 Å². The number of methoxy groups -OCH3 is 1. The van der Waals surface area contributed by atoms with Gasteiger partial charge in [0.15, 0.2) is 0 Å². The molecule has 0 saturated carbocycles. The molecule has 0 aliphatic carbocycles. The summed E-state index contributed by atoms with van der Waals surface area (Å²) in [6.07, 6.45) is 0. The predicted octanol–water partition coefficient (Wildman–Crippen LogP) is 2.64. The van der Waals surface area contributed by atoms with Crippen LogP contribution >= 0.6 is 0 Å². The summed E-state index contributed by atoms with van der Waals surface area (Å²) in [6.45, 7) is 3.31. The molecule has 0 bridgehead atoms. The Bertz CT molecular complexity index is 713. The van der Waals surface area contributed by atoms with Crippen molar-refractivity contribution in [2.75, 3.05) is 40.0 Å². The van der Waals surface area contributed by atoms with E-state index in [9.17, 15) is 9.18 Å². The molecule has 2 aromatic carbocycles. The maximum absolute atomic E-state index is 13.3. The van der Waals surface area contributed by atoms with Gasteiger partial charge in [-0.2, -0.15) is 0 Å². The molecule has 1 heterocycles. The molecule has 1 aliphatic rings. The molecule has 0 aromatic heterocycles. The third-order valence-electron chi connectivity index (χ3n) is 4.55. The number of ether oxygens (including phenoxy) is 2. The molecular formula is C20H23FN2O3. The lowest BCUT2D eigenvalue weighted by atomic mass is 10.0. The van der Waals surface area contributed by atoms with Crippen LogP contribution in [0.3, 0.4) is 0 Å². The summed E-state index contributed by atoms with van der Waals surface area (Å²) in [4.78, 5) is 14.7. The molecule has 1 saturated heterocycles. The Morgan fingerprint density at radius 1 is 1.15 bits per heavy atom. The van der Waals surface area contributed by atoms with Crippen molar-refractivity contribution in [1.82, 2.24) is 10.2 Å². The van der Waals surface area contributed by atoms with Crippen LogP contribution in [0.4, 0.5) is 4.39 Å². The van der Waals surface area contributed by atoms with E-state index in [0.29, 0.717) is 31.1 Å². The van der Waals surface area contributed by atoms with Gasteiger partial charge in [0.1, 0.15) is 11.6 Å². The SMILES string of the molecule is COc1ccc(C(=O)NC[C@@H](c2ccc(F)cc2)N2CCOCC2)cc1. The highest BCUT2D eigenvalue weighted by atomic mass is 19.1. The van der Waals surface area contributed by atoms with Gasteiger partial charge in [-0.1, -0.05) is 12.1 Å². The summed E-state index contributed by atoms with van der Waals surface area (Å²) < 4.78 is 23.8. The van der Waals surface area contributed by atoms with Crippen LogP contribution < -0.4 is 10.1 Å². The second kappa shape index (κ2) is 8.78. The van der Waals surface area contributed by atoms with Crippen molar-refractivity contribution in [2.24, 2.45) is 0 Å². The van der Waals surface area contributed by atoms with E-state index in [4.69, 9.17) is 9.47 Å². The second-order valence-corrected chi connectivity index (χ2v) is 6.15. The Labute approximate surface area is 152 Å². The highest BCUT2D eigenvalue weighted by Crippen LogP contribution is 2.22. The summed E-state index contributed by atoms with van der Waals surface area (Å²) in [5, 5.41) is 2.99. The number of halogens is 1. The van der Waals surface area contributed by atoms with Gasteiger partial charge in [0.2, 0.25) is 0 Å². The Hall–Kier alpha value is -2.44. The van der Waals surface area contributed by atoms with E-state index in [1.165, 1.54) is 12.1 Å². The average Bonchev–Trinajstić information content (AvgIpc) is 2.70. The second-order valence-electron chi connectivity index (χ2n) is 6.15. The monoisotopic (exact) mass is 358 g/mol. The van der Waals surface area contributed by atoms with E-state index in [1.807, 2.05) is 0 Å². The Kier molecular flexibility index (Phi) is 6.20. The molecule has 1 amide bonds. The Morgan fingerprint density at radius 3 is 2.42 bits per heavy atom. The number of carbonyl (C=O) groups is 1. The molecule has 0 spiro atoms. The number of morpholine rings is 1. The molecule has 1 atom stereocenters.